The number of fused-ring (bicyclic) bond motifs is 2. The molecule has 4 aliphatic heterocycles. The van der Waals surface area contributed by atoms with Crippen molar-refractivity contribution < 1.29 is 33.6 Å². The van der Waals surface area contributed by atoms with Crippen LogP contribution in [0.2, 0.25) is 0 Å². The van der Waals surface area contributed by atoms with Crippen LogP contribution >= 0.6 is 0 Å². The third-order valence-corrected chi connectivity index (χ3v) is 11.4. The predicted molar refractivity (Wildman–Crippen MR) is 178 cm³/mol. The molecule has 0 aliphatic carbocycles. The number of carbonyl (C=O) groups is 2. The number of alkyl carbamates (subject to hydrolysis) is 1. The molecule has 2 amide bonds. The Morgan fingerprint density at radius 3 is 2.19 bits per heavy atom. The van der Waals surface area contributed by atoms with Crippen LogP contribution < -0.4 is 5.32 Å². The lowest BCUT2D eigenvalue weighted by atomic mass is 9.69. The Bertz CT molecular complexity index is 1380. The van der Waals surface area contributed by atoms with Gasteiger partial charge in [-0.15, -0.1) is 0 Å². The van der Waals surface area contributed by atoms with Gasteiger partial charge in [-0.25, -0.2) is 4.79 Å². The van der Waals surface area contributed by atoms with Gasteiger partial charge in [-0.3, -0.25) is 4.79 Å². The van der Waals surface area contributed by atoms with E-state index in [4.69, 9.17) is 18.9 Å². The van der Waals surface area contributed by atoms with Crippen molar-refractivity contribution in [3.63, 3.8) is 0 Å². The van der Waals surface area contributed by atoms with Gasteiger partial charge in [0.25, 0.3) is 0 Å². The molecule has 0 aromatic heterocycles. The molecule has 9 heteroatoms. The van der Waals surface area contributed by atoms with Crippen LogP contribution in [0.25, 0.3) is 0 Å². The van der Waals surface area contributed by atoms with Crippen LogP contribution in [0.5, 0.6) is 0 Å². The topological polar surface area (TPSA) is 107 Å². The van der Waals surface area contributed by atoms with E-state index in [0.717, 1.165) is 49.7 Å². The molecule has 6 atom stereocenters. The standard InChI is InChI=1S/C38H52N2O7/c1-35(2)30(41)15-17-37(4)31(46-35)16-18-36(3)32(47-37)24-38(26-45-36)19-21-40(22-20-38)33(42)29(23-27-11-7-5-8-12-27)39-34(43)44-25-28-13-9-6-10-14-28/h5-14,29-32,41H,15-26H2,1-4H3,(H,39,43)/t29-,30+,31+,32+,36-,37-/m0/s1. The largest absolute Gasteiger partial charge is 0.445 e. The normalized spacial score (nSPS) is 32.2. The van der Waals surface area contributed by atoms with Crippen LogP contribution in [0, 0.1) is 5.41 Å². The molecule has 9 nitrogen and oxygen atoms in total. The zero-order valence-electron chi connectivity index (χ0n) is 28.4. The number of nitrogens with one attached hydrogen (secondary N) is 1. The molecule has 2 aromatic carbocycles. The summed E-state index contributed by atoms with van der Waals surface area (Å²) >= 11 is 0. The first-order valence-electron chi connectivity index (χ1n) is 17.4. The van der Waals surface area contributed by atoms with Gasteiger partial charge in [0.15, 0.2) is 0 Å². The minimum Gasteiger partial charge on any atom is -0.445 e. The van der Waals surface area contributed by atoms with E-state index in [9.17, 15) is 14.7 Å². The zero-order valence-corrected chi connectivity index (χ0v) is 28.4. The smallest absolute Gasteiger partial charge is 0.408 e. The van der Waals surface area contributed by atoms with E-state index in [1.54, 1.807) is 0 Å². The number of benzene rings is 2. The van der Waals surface area contributed by atoms with Crippen LogP contribution in [0.4, 0.5) is 4.79 Å². The summed E-state index contributed by atoms with van der Waals surface area (Å²) in [6, 6.07) is 18.5. The zero-order chi connectivity index (χ0) is 33.3. The highest BCUT2D eigenvalue weighted by Gasteiger charge is 2.57. The Kier molecular flexibility index (Phi) is 9.74. The molecule has 0 radical (unpaired) electrons. The van der Waals surface area contributed by atoms with Crippen molar-refractivity contribution in [3.8, 4) is 0 Å². The lowest BCUT2D eigenvalue weighted by molar-refractivity contribution is -0.250. The minimum absolute atomic E-state index is 0.0974. The van der Waals surface area contributed by atoms with Crippen molar-refractivity contribution in [2.75, 3.05) is 19.7 Å². The van der Waals surface area contributed by atoms with Crippen LogP contribution in [-0.4, -0.2) is 82.9 Å². The van der Waals surface area contributed by atoms with Crippen molar-refractivity contribution in [2.45, 2.75) is 127 Å². The highest BCUT2D eigenvalue weighted by atomic mass is 16.6. The predicted octanol–water partition coefficient (Wildman–Crippen LogP) is 5.57. The first-order valence-corrected chi connectivity index (χ1v) is 17.4. The average molecular weight is 649 g/mol. The first kappa shape index (κ1) is 33.9. The first-order chi connectivity index (χ1) is 22.4. The Labute approximate surface area is 279 Å². The third-order valence-electron chi connectivity index (χ3n) is 11.4. The van der Waals surface area contributed by atoms with Gasteiger partial charge in [0, 0.05) is 19.5 Å². The van der Waals surface area contributed by atoms with Gasteiger partial charge in [-0.2, -0.15) is 0 Å². The van der Waals surface area contributed by atoms with E-state index < -0.39 is 35.0 Å². The lowest BCUT2D eigenvalue weighted by Crippen LogP contribution is -2.59. The number of hydrogen-bond acceptors (Lipinski definition) is 7. The van der Waals surface area contributed by atoms with Gasteiger partial charge >= 0.3 is 6.09 Å². The molecule has 2 N–H and O–H groups in total. The maximum atomic E-state index is 14.0. The molecule has 4 fully saturated rings. The molecule has 0 saturated carbocycles. The van der Waals surface area contributed by atoms with Gasteiger partial charge in [0.2, 0.25) is 5.91 Å². The molecule has 0 unspecified atom stereocenters. The van der Waals surface area contributed by atoms with E-state index in [0.29, 0.717) is 32.5 Å². The molecule has 6 rings (SSSR count). The lowest BCUT2D eigenvalue weighted by Gasteiger charge is -2.53. The Hall–Kier alpha value is -2.98. The molecule has 4 saturated heterocycles. The summed E-state index contributed by atoms with van der Waals surface area (Å²) in [7, 11) is 0. The molecule has 256 valence electrons. The number of aliphatic hydroxyl groups excluding tert-OH is 1. The number of ether oxygens (including phenoxy) is 4. The van der Waals surface area contributed by atoms with Crippen LogP contribution in [0.3, 0.4) is 0 Å². The number of hydrogen-bond donors (Lipinski definition) is 2. The van der Waals surface area contributed by atoms with Gasteiger partial charge in [0.05, 0.1) is 41.7 Å². The maximum Gasteiger partial charge on any atom is 0.408 e. The summed E-state index contributed by atoms with van der Waals surface area (Å²) in [5.41, 5.74) is 0.203. The highest BCUT2D eigenvalue weighted by molar-refractivity contribution is 5.86. The number of nitrogens with zero attached hydrogens (tertiary/aromatic N) is 1. The minimum atomic E-state index is -0.738. The maximum absolute atomic E-state index is 14.0. The quantitative estimate of drug-likeness (QED) is 0.422. The molecule has 4 heterocycles. The second-order valence-corrected chi connectivity index (χ2v) is 15.3. The van der Waals surface area contributed by atoms with E-state index in [2.05, 4.69) is 19.2 Å². The van der Waals surface area contributed by atoms with Gasteiger partial charge in [-0.1, -0.05) is 60.7 Å². The van der Waals surface area contributed by atoms with E-state index in [-0.39, 0.29) is 30.1 Å². The number of piperidine rings is 1. The number of amides is 2. The third kappa shape index (κ3) is 7.53. The van der Waals surface area contributed by atoms with Gasteiger partial charge < -0.3 is 34.3 Å². The SMILES string of the molecule is CC1(C)O[C@@H]2CC[C@]3(C)OCC4(CCN(C(=O)[C@H](Cc5ccccc5)NC(=O)OCc5ccccc5)CC4)C[C@H]3O[C@@]2(C)CC[C@H]1O. The van der Waals surface area contributed by atoms with Crippen molar-refractivity contribution in [3.05, 3.63) is 71.8 Å². The van der Waals surface area contributed by atoms with Crippen LogP contribution in [0.15, 0.2) is 60.7 Å². The Balaban J connectivity index is 1.11. The van der Waals surface area contributed by atoms with Crippen LogP contribution in [0.1, 0.15) is 83.8 Å². The summed E-state index contributed by atoms with van der Waals surface area (Å²) in [4.78, 5) is 28.8. The van der Waals surface area contributed by atoms with Gasteiger partial charge in [-0.05, 0) is 89.2 Å². The summed E-state index contributed by atoms with van der Waals surface area (Å²) in [6.45, 7) is 10.2. The fourth-order valence-electron chi connectivity index (χ4n) is 7.95. The van der Waals surface area contributed by atoms with Crippen LogP contribution in [-0.2, 0) is 36.8 Å². The highest BCUT2D eigenvalue weighted by Crippen LogP contribution is 2.51. The number of carbonyl (C=O) groups excluding carboxylic acids is 2. The van der Waals surface area contributed by atoms with Crippen molar-refractivity contribution >= 4 is 12.0 Å². The Morgan fingerprint density at radius 2 is 1.51 bits per heavy atom. The summed E-state index contributed by atoms with van der Waals surface area (Å²) in [6.07, 6.45) is 4.47. The fourth-order valence-corrected chi connectivity index (χ4v) is 7.95. The van der Waals surface area contributed by atoms with Crippen molar-refractivity contribution in [1.29, 1.82) is 0 Å². The van der Waals surface area contributed by atoms with E-state index in [1.165, 1.54) is 0 Å². The molecule has 47 heavy (non-hydrogen) atoms. The number of aliphatic hydroxyl groups is 1. The number of rotatable bonds is 6. The Morgan fingerprint density at radius 1 is 0.872 bits per heavy atom. The number of likely N-dealkylation sites (tertiary alicyclic amines) is 1. The van der Waals surface area contributed by atoms with Gasteiger partial charge in [0.1, 0.15) is 12.6 Å². The molecule has 0 bridgehead atoms. The average Bonchev–Trinajstić information content (AvgIpc) is 3.22. The molecule has 4 aliphatic rings. The fraction of sp³-hybridized carbons (Fsp3) is 0.632. The summed E-state index contributed by atoms with van der Waals surface area (Å²) < 4.78 is 25.8. The molecular weight excluding hydrogens is 596 g/mol. The summed E-state index contributed by atoms with van der Waals surface area (Å²) in [5, 5.41) is 13.6. The second-order valence-electron chi connectivity index (χ2n) is 15.3. The molecule has 1 spiro atoms. The monoisotopic (exact) mass is 648 g/mol. The van der Waals surface area contributed by atoms with Crippen molar-refractivity contribution in [1.82, 2.24) is 10.2 Å². The summed E-state index contributed by atoms with van der Waals surface area (Å²) in [5.74, 6) is -0.0974. The van der Waals surface area contributed by atoms with E-state index in [1.807, 2.05) is 79.4 Å². The second kappa shape index (κ2) is 13.5. The van der Waals surface area contributed by atoms with E-state index >= 15 is 0 Å². The molecule has 2 aromatic rings. The van der Waals surface area contributed by atoms with Crippen molar-refractivity contribution in [2.24, 2.45) is 5.41 Å². The molecular formula is C38H52N2O7.